The van der Waals surface area contributed by atoms with E-state index in [0.717, 1.165) is 96.5 Å². The summed E-state index contributed by atoms with van der Waals surface area (Å²) in [5, 5.41) is 6.72. The van der Waals surface area contributed by atoms with Gasteiger partial charge in [0, 0.05) is 38.8 Å². The number of likely N-dealkylation sites (tertiary alicyclic amines) is 1. The van der Waals surface area contributed by atoms with Crippen molar-refractivity contribution in [1.82, 2.24) is 15.5 Å². The summed E-state index contributed by atoms with van der Waals surface area (Å²) in [7, 11) is 0. The van der Waals surface area contributed by atoms with E-state index in [0.29, 0.717) is 0 Å². The Morgan fingerprint density at radius 2 is 1.93 bits per heavy atom. The zero-order chi connectivity index (χ0) is 19.3. The molecule has 2 aliphatic rings. The van der Waals surface area contributed by atoms with E-state index in [-0.39, 0.29) is 11.8 Å². The number of nitrogens with one attached hydrogen (secondary N) is 2. The second-order valence-corrected chi connectivity index (χ2v) is 7.78. The van der Waals surface area contributed by atoms with Gasteiger partial charge in [-0.15, -0.1) is 0 Å². The Kier molecular flexibility index (Phi) is 10.5. The van der Waals surface area contributed by atoms with Crippen molar-refractivity contribution in [2.24, 2.45) is 22.6 Å². The monoisotopic (exact) mass is 381 g/mol. The summed E-state index contributed by atoms with van der Waals surface area (Å²) in [6.07, 6.45) is 7.76. The first-order valence-corrected chi connectivity index (χ1v) is 10.8. The number of ether oxygens (including phenoxy) is 1. The molecule has 4 N–H and O–H groups in total. The van der Waals surface area contributed by atoms with E-state index in [1.54, 1.807) is 0 Å². The maximum absolute atomic E-state index is 11.2. The molecule has 0 bridgehead atoms. The lowest BCUT2D eigenvalue weighted by atomic mass is 9.96. The molecule has 7 heteroatoms. The fraction of sp³-hybridized carbons (Fsp3) is 0.900. The van der Waals surface area contributed by atoms with Crippen molar-refractivity contribution in [3.05, 3.63) is 0 Å². The molecule has 1 saturated carbocycles. The number of primary amides is 1. The van der Waals surface area contributed by atoms with E-state index < -0.39 is 0 Å². The second kappa shape index (κ2) is 12.9. The minimum absolute atomic E-state index is 0.0842. The van der Waals surface area contributed by atoms with Crippen LogP contribution in [0.3, 0.4) is 0 Å². The molecule has 0 unspecified atom stereocenters. The van der Waals surface area contributed by atoms with E-state index in [9.17, 15) is 4.79 Å². The van der Waals surface area contributed by atoms with E-state index in [4.69, 9.17) is 10.5 Å². The third kappa shape index (κ3) is 9.96. The molecular formula is C20H39N5O2. The first-order valence-electron chi connectivity index (χ1n) is 10.8. The van der Waals surface area contributed by atoms with Crippen LogP contribution in [-0.2, 0) is 9.53 Å². The van der Waals surface area contributed by atoms with Crippen LogP contribution >= 0.6 is 0 Å². The Morgan fingerprint density at radius 1 is 1.15 bits per heavy atom. The number of rotatable bonds is 13. The number of amides is 1. The standard InChI is InChI=1S/C20H39N5O2/c1-2-22-20(24-11-5-15-27-16-17-6-7-17)23-10-3-4-12-25-13-8-18(9-14-25)19(21)26/h17-18H,2-16H2,1H3,(H2,21,26)(H2,22,23,24). The number of nitrogens with zero attached hydrogens (tertiary/aromatic N) is 2. The fourth-order valence-electron chi connectivity index (χ4n) is 3.34. The van der Waals surface area contributed by atoms with Gasteiger partial charge in [-0.25, -0.2) is 0 Å². The highest BCUT2D eigenvalue weighted by atomic mass is 16.5. The fourth-order valence-corrected chi connectivity index (χ4v) is 3.34. The molecule has 7 nitrogen and oxygen atoms in total. The molecule has 0 radical (unpaired) electrons. The Labute approximate surface area is 164 Å². The summed E-state index contributed by atoms with van der Waals surface area (Å²) in [5.74, 6) is 1.69. The molecule has 2 fully saturated rings. The molecule has 1 aliphatic carbocycles. The average Bonchev–Trinajstić information content (AvgIpc) is 3.49. The van der Waals surface area contributed by atoms with Gasteiger partial charge in [0.25, 0.3) is 0 Å². The van der Waals surface area contributed by atoms with Crippen molar-refractivity contribution in [3.8, 4) is 0 Å². The van der Waals surface area contributed by atoms with Crippen LogP contribution in [0.1, 0.15) is 51.9 Å². The number of hydrogen-bond donors (Lipinski definition) is 3. The topological polar surface area (TPSA) is 92.0 Å². The van der Waals surface area contributed by atoms with Gasteiger partial charge in [-0.3, -0.25) is 9.79 Å². The van der Waals surface area contributed by atoms with Crippen LogP contribution in [0, 0.1) is 11.8 Å². The van der Waals surface area contributed by atoms with Gasteiger partial charge in [0.2, 0.25) is 5.91 Å². The third-order valence-electron chi connectivity index (χ3n) is 5.29. The van der Waals surface area contributed by atoms with Crippen molar-refractivity contribution >= 4 is 11.9 Å². The summed E-state index contributed by atoms with van der Waals surface area (Å²) in [4.78, 5) is 18.3. The molecule has 0 aromatic heterocycles. The molecule has 1 aliphatic heterocycles. The first-order chi connectivity index (χ1) is 13.2. The van der Waals surface area contributed by atoms with Gasteiger partial charge in [0.1, 0.15) is 0 Å². The molecule has 156 valence electrons. The summed E-state index contributed by atoms with van der Waals surface area (Å²) >= 11 is 0. The van der Waals surface area contributed by atoms with E-state index >= 15 is 0 Å². The maximum Gasteiger partial charge on any atom is 0.220 e. The number of guanidine groups is 1. The lowest BCUT2D eigenvalue weighted by molar-refractivity contribution is -0.123. The SMILES string of the molecule is CCNC(=NCCCOCC1CC1)NCCCCN1CCC(C(N)=O)CC1. The summed E-state index contributed by atoms with van der Waals surface area (Å²) in [6, 6.07) is 0. The number of hydrogen-bond acceptors (Lipinski definition) is 4. The van der Waals surface area contributed by atoms with Crippen LogP contribution in [0.2, 0.25) is 0 Å². The highest BCUT2D eigenvalue weighted by Crippen LogP contribution is 2.28. The lowest BCUT2D eigenvalue weighted by Gasteiger charge is -2.30. The molecule has 0 atom stereocenters. The number of unbranched alkanes of at least 4 members (excludes halogenated alkanes) is 1. The largest absolute Gasteiger partial charge is 0.381 e. The van der Waals surface area contributed by atoms with Crippen LogP contribution in [-0.4, -0.2) is 69.2 Å². The minimum Gasteiger partial charge on any atom is -0.381 e. The van der Waals surface area contributed by atoms with Crippen LogP contribution < -0.4 is 16.4 Å². The van der Waals surface area contributed by atoms with Crippen molar-refractivity contribution in [2.75, 3.05) is 52.5 Å². The predicted octanol–water partition coefficient (Wildman–Crippen LogP) is 1.34. The highest BCUT2D eigenvalue weighted by molar-refractivity contribution is 5.79. The molecular weight excluding hydrogens is 342 g/mol. The zero-order valence-electron chi connectivity index (χ0n) is 17.0. The highest BCUT2D eigenvalue weighted by Gasteiger charge is 2.22. The third-order valence-corrected chi connectivity index (χ3v) is 5.29. The van der Waals surface area contributed by atoms with Crippen LogP contribution in [0.5, 0.6) is 0 Å². The van der Waals surface area contributed by atoms with Gasteiger partial charge in [0.15, 0.2) is 5.96 Å². The van der Waals surface area contributed by atoms with Crippen molar-refractivity contribution in [3.63, 3.8) is 0 Å². The van der Waals surface area contributed by atoms with Crippen LogP contribution in [0.25, 0.3) is 0 Å². The summed E-state index contributed by atoms with van der Waals surface area (Å²) < 4.78 is 5.65. The number of aliphatic imine (C=N–C) groups is 1. The van der Waals surface area contributed by atoms with E-state index in [1.807, 2.05) is 0 Å². The van der Waals surface area contributed by atoms with Crippen LogP contribution in [0.4, 0.5) is 0 Å². The Balaban J connectivity index is 1.48. The molecule has 1 amide bonds. The molecule has 2 rings (SSSR count). The molecule has 1 heterocycles. The normalized spacial score (nSPS) is 19.2. The van der Waals surface area contributed by atoms with Crippen molar-refractivity contribution in [2.45, 2.75) is 51.9 Å². The van der Waals surface area contributed by atoms with Crippen LogP contribution in [0.15, 0.2) is 4.99 Å². The Hall–Kier alpha value is -1.34. The number of carbonyl (C=O) groups is 1. The predicted molar refractivity (Wildman–Crippen MR) is 110 cm³/mol. The smallest absolute Gasteiger partial charge is 0.220 e. The molecule has 0 spiro atoms. The summed E-state index contributed by atoms with van der Waals surface area (Å²) in [5.41, 5.74) is 5.39. The maximum atomic E-state index is 11.2. The van der Waals surface area contributed by atoms with Gasteiger partial charge in [0.05, 0.1) is 0 Å². The van der Waals surface area contributed by atoms with Gasteiger partial charge < -0.3 is 26.0 Å². The lowest BCUT2D eigenvalue weighted by Crippen LogP contribution is -2.39. The molecule has 0 aromatic carbocycles. The van der Waals surface area contributed by atoms with Gasteiger partial charge >= 0.3 is 0 Å². The van der Waals surface area contributed by atoms with Gasteiger partial charge in [-0.2, -0.15) is 0 Å². The second-order valence-electron chi connectivity index (χ2n) is 7.78. The number of carbonyl (C=O) groups excluding carboxylic acids is 1. The summed E-state index contributed by atoms with van der Waals surface area (Å²) in [6.45, 7) is 9.52. The molecule has 0 aromatic rings. The zero-order valence-corrected chi connectivity index (χ0v) is 17.0. The van der Waals surface area contributed by atoms with Crippen molar-refractivity contribution < 1.29 is 9.53 Å². The van der Waals surface area contributed by atoms with Gasteiger partial charge in [-0.05, 0) is 77.4 Å². The number of piperidine rings is 1. The first kappa shape index (κ1) is 22.0. The number of nitrogens with two attached hydrogens (primary N) is 1. The average molecular weight is 382 g/mol. The van der Waals surface area contributed by atoms with E-state index in [2.05, 4.69) is 27.4 Å². The quantitative estimate of drug-likeness (QED) is 0.254. The Bertz CT molecular complexity index is 446. The minimum atomic E-state index is -0.136. The Morgan fingerprint density at radius 3 is 2.59 bits per heavy atom. The van der Waals surface area contributed by atoms with E-state index in [1.165, 1.54) is 12.8 Å². The van der Waals surface area contributed by atoms with Gasteiger partial charge in [-0.1, -0.05) is 0 Å². The van der Waals surface area contributed by atoms with Crippen molar-refractivity contribution in [1.29, 1.82) is 0 Å². The molecule has 1 saturated heterocycles. The molecule has 27 heavy (non-hydrogen) atoms.